The smallest absolute Gasteiger partial charge is 0.0921 e. The monoisotopic (exact) mass is 192 g/mol. The molecule has 0 spiro atoms. The molecule has 0 saturated carbocycles. The molecular weight excluding hydrogens is 180 g/mol. The van der Waals surface area contributed by atoms with Crippen LogP contribution < -0.4 is 0 Å². The normalized spacial score (nSPS) is 13.1. The van der Waals surface area contributed by atoms with E-state index in [1.54, 1.807) is 6.33 Å². The van der Waals surface area contributed by atoms with Crippen LogP contribution in [0.1, 0.15) is 29.0 Å². The summed E-state index contributed by atoms with van der Waals surface area (Å²) in [6.45, 7) is 4.35. The highest BCUT2D eigenvalue weighted by Gasteiger charge is 2.12. The second-order valence-electron chi connectivity index (χ2n) is 3.20. The Morgan fingerprint density at radius 3 is 2.92 bits per heavy atom. The second kappa shape index (κ2) is 3.34. The molecule has 13 heavy (non-hydrogen) atoms. The minimum Gasteiger partial charge on any atom is -0.348 e. The Morgan fingerprint density at radius 1 is 1.54 bits per heavy atom. The molecule has 0 radical (unpaired) electrons. The number of nitrogens with zero attached hydrogens (tertiary/aromatic N) is 1. The highest BCUT2D eigenvalue weighted by Crippen LogP contribution is 2.29. The van der Waals surface area contributed by atoms with Crippen molar-refractivity contribution in [3.63, 3.8) is 0 Å². The van der Waals surface area contributed by atoms with E-state index in [4.69, 9.17) is 0 Å². The first-order valence-corrected chi connectivity index (χ1v) is 5.19. The van der Waals surface area contributed by atoms with Crippen molar-refractivity contribution in [3.05, 3.63) is 40.1 Å². The lowest BCUT2D eigenvalue weighted by Crippen LogP contribution is -1.94. The molecule has 3 heteroatoms. The fourth-order valence-corrected chi connectivity index (χ4v) is 2.48. The van der Waals surface area contributed by atoms with E-state index in [-0.39, 0.29) is 0 Å². The maximum absolute atomic E-state index is 4.03. The Hall–Kier alpha value is -1.09. The molecule has 0 aliphatic carbocycles. The molecule has 1 N–H and O–H groups in total. The van der Waals surface area contributed by atoms with Crippen LogP contribution in [0.3, 0.4) is 0 Å². The van der Waals surface area contributed by atoms with Gasteiger partial charge in [0.2, 0.25) is 0 Å². The average molecular weight is 192 g/mol. The van der Waals surface area contributed by atoms with Gasteiger partial charge in [-0.15, -0.1) is 11.3 Å². The molecule has 2 nitrogen and oxygen atoms in total. The Morgan fingerprint density at radius 2 is 2.38 bits per heavy atom. The summed E-state index contributed by atoms with van der Waals surface area (Å²) in [5.74, 6) is 0.433. The van der Waals surface area contributed by atoms with Crippen LogP contribution in [0.4, 0.5) is 0 Å². The molecule has 0 aromatic carbocycles. The van der Waals surface area contributed by atoms with E-state index in [0.717, 1.165) is 0 Å². The van der Waals surface area contributed by atoms with Gasteiger partial charge < -0.3 is 4.98 Å². The Labute approximate surface area is 81.7 Å². The van der Waals surface area contributed by atoms with Crippen LogP contribution in [0, 0.1) is 6.92 Å². The number of aromatic amines is 1. The molecule has 1 atom stereocenters. The summed E-state index contributed by atoms with van der Waals surface area (Å²) in [7, 11) is 0. The largest absolute Gasteiger partial charge is 0.348 e. The van der Waals surface area contributed by atoms with Crippen LogP contribution in [0.5, 0.6) is 0 Å². The van der Waals surface area contributed by atoms with Crippen LogP contribution in [-0.4, -0.2) is 9.97 Å². The van der Waals surface area contributed by atoms with Gasteiger partial charge in [-0.05, 0) is 23.9 Å². The first kappa shape index (κ1) is 8.51. The van der Waals surface area contributed by atoms with E-state index < -0.39 is 0 Å². The highest BCUT2D eigenvalue weighted by atomic mass is 32.1. The molecule has 0 aliphatic heterocycles. The SMILES string of the molecule is Cc1ccsc1C(C)c1cnc[nH]1. The van der Waals surface area contributed by atoms with E-state index in [1.807, 2.05) is 17.5 Å². The van der Waals surface area contributed by atoms with Crippen molar-refractivity contribution < 1.29 is 0 Å². The number of thiophene rings is 1. The number of aryl methyl sites for hydroxylation is 1. The number of hydrogen-bond acceptors (Lipinski definition) is 2. The maximum Gasteiger partial charge on any atom is 0.0921 e. The van der Waals surface area contributed by atoms with Crippen molar-refractivity contribution >= 4 is 11.3 Å². The molecule has 0 aliphatic rings. The fourth-order valence-electron chi connectivity index (χ4n) is 1.47. The number of rotatable bonds is 2. The minimum absolute atomic E-state index is 0.433. The predicted molar refractivity (Wildman–Crippen MR) is 55.2 cm³/mol. The lowest BCUT2D eigenvalue weighted by Gasteiger charge is -2.07. The molecule has 68 valence electrons. The molecule has 0 bridgehead atoms. The number of nitrogens with one attached hydrogen (secondary N) is 1. The van der Waals surface area contributed by atoms with E-state index in [0.29, 0.717) is 5.92 Å². The lowest BCUT2D eigenvalue weighted by atomic mass is 10.0. The predicted octanol–water partition coefficient (Wildman–Crippen LogP) is 2.93. The Kier molecular flexibility index (Phi) is 2.19. The molecule has 2 aromatic heterocycles. The van der Waals surface area contributed by atoms with Gasteiger partial charge >= 0.3 is 0 Å². The van der Waals surface area contributed by atoms with E-state index in [9.17, 15) is 0 Å². The third-order valence-corrected chi connectivity index (χ3v) is 3.48. The third kappa shape index (κ3) is 1.52. The zero-order valence-electron chi connectivity index (χ0n) is 7.74. The van der Waals surface area contributed by atoms with Crippen molar-refractivity contribution in [2.75, 3.05) is 0 Å². The average Bonchev–Trinajstić information content (AvgIpc) is 2.72. The second-order valence-corrected chi connectivity index (χ2v) is 4.14. The number of hydrogen-bond donors (Lipinski definition) is 1. The van der Waals surface area contributed by atoms with Gasteiger partial charge in [-0.3, -0.25) is 0 Å². The number of aromatic nitrogens is 2. The zero-order valence-corrected chi connectivity index (χ0v) is 8.56. The van der Waals surface area contributed by atoms with Gasteiger partial charge in [0.15, 0.2) is 0 Å². The Bertz CT molecular complexity index is 375. The number of imidazole rings is 1. The highest BCUT2D eigenvalue weighted by molar-refractivity contribution is 7.10. The summed E-state index contributed by atoms with van der Waals surface area (Å²) in [4.78, 5) is 8.60. The van der Waals surface area contributed by atoms with Gasteiger partial charge in [0.05, 0.1) is 6.33 Å². The summed E-state index contributed by atoms with van der Waals surface area (Å²) >= 11 is 1.81. The molecule has 1 unspecified atom stereocenters. The van der Waals surface area contributed by atoms with Gasteiger partial charge in [-0.25, -0.2) is 4.98 Å². The first-order valence-electron chi connectivity index (χ1n) is 4.31. The van der Waals surface area contributed by atoms with Gasteiger partial charge in [0, 0.05) is 22.7 Å². The van der Waals surface area contributed by atoms with E-state index in [1.165, 1.54) is 16.1 Å². The van der Waals surface area contributed by atoms with Crippen molar-refractivity contribution in [2.24, 2.45) is 0 Å². The summed E-state index contributed by atoms with van der Waals surface area (Å²) in [5.41, 5.74) is 2.55. The Balaban J connectivity index is 2.33. The van der Waals surface area contributed by atoms with Crippen molar-refractivity contribution in [3.8, 4) is 0 Å². The maximum atomic E-state index is 4.03. The molecule has 2 rings (SSSR count). The molecule has 0 amide bonds. The van der Waals surface area contributed by atoms with Crippen LogP contribution >= 0.6 is 11.3 Å². The lowest BCUT2D eigenvalue weighted by molar-refractivity contribution is 0.896. The molecule has 0 saturated heterocycles. The fraction of sp³-hybridized carbons (Fsp3) is 0.300. The quantitative estimate of drug-likeness (QED) is 0.778. The van der Waals surface area contributed by atoms with E-state index in [2.05, 4.69) is 35.3 Å². The first-order chi connectivity index (χ1) is 6.29. The summed E-state index contributed by atoms with van der Waals surface area (Å²) in [5, 5.41) is 2.14. The van der Waals surface area contributed by atoms with Gasteiger partial charge in [-0.1, -0.05) is 6.92 Å². The van der Waals surface area contributed by atoms with Gasteiger partial charge in [-0.2, -0.15) is 0 Å². The van der Waals surface area contributed by atoms with Crippen LogP contribution in [0.15, 0.2) is 24.0 Å². The zero-order chi connectivity index (χ0) is 9.26. The molecular formula is C10H12N2S. The van der Waals surface area contributed by atoms with Crippen molar-refractivity contribution in [1.29, 1.82) is 0 Å². The molecule has 2 heterocycles. The van der Waals surface area contributed by atoms with Crippen LogP contribution in [-0.2, 0) is 0 Å². The van der Waals surface area contributed by atoms with Crippen LogP contribution in [0.2, 0.25) is 0 Å². The van der Waals surface area contributed by atoms with Gasteiger partial charge in [0.1, 0.15) is 0 Å². The van der Waals surface area contributed by atoms with Crippen LogP contribution in [0.25, 0.3) is 0 Å². The minimum atomic E-state index is 0.433. The number of H-pyrrole nitrogens is 1. The topological polar surface area (TPSA) is 28.7 Å². The summed E-state index contributed by atoms with van der Waals surface area (Å²) in [6.07, 6.45) is 3.62. The molecule has 2 aromatic rings. The van der Waals surface area contributed by atoms with E-state index >= 15 is 0 Å². The summed E-state index contributed by atoms with van der Waals surface area (Å²) in [6, 6.07) is 2.16. The van der Waals surface area contributed by atoms with Crippen molar-refractivity contribution in [2.45, 2.75) is 19.8 Å². The standard InChI is InChI=1S/C10H12N2S/c1-7-3-4-13-10(7)8(2)9-5-11-6-12-9/h3-6,8H,1-2H3,(H,11,12). The third-order valence-electron chi connectivity index (χ3n) is 2.28. The summed E-state index contributed by atoms with van der Waals surface area (Å²) < 4.78 is 0. The van der Waals surface area contributed by atoms with Gasteiger partial charge in [0.25, 0.3) is 0 Å². The van der Waals surface area contributed by atoms with Crippen molar-refractivity contribution in [1.82, 2.24) is 9.97 Å². The molecule has 0 fully saturated rings.